The lowest BCUT2D eigenvalue weighted by Crippen LogP contribution is -2.44. The van der Waals surface area contributed by atoms with Crippen LogP contribution in [0.5, 0.6) is 0 Å². The number of aryl methyl sites for hydroxylation is 1. The molecule has 2 aromatic rings. The number of fused-ring (bicyclic) bond motifs is 3. The Morgan fingerprint density at radius 3 is 2.65 bits per heavy atom. The molecule has 0 aromatic heterocycles. The number of carboxylic acid groups (broad SMARTS) is 1. The van der Waals surface area contributed by atoms with Crippen LogP contribution in [0, 0.1) is 12.8 Å². The van der Waals surface area contributed by atoms with Gasteiger partial charge in [-0.15, -0.1) is 0 Å². The fourth-order valence-corrected chi connectivity index (χ4v) is 4.29. The second-order valence-electron chi connectivity index (χ2n) is 7.95. The summed E-state index contributed by atoms with van der Waals surface area (Å²) in [6, 6.07) is 14.6. The fraction of sp³-hybridized carbons (Fsp3) is 0.375. The lowest BCUT2D eigenvalue weighted by atomic mass is 10.0. The molecule has 4 rings (SSSR count). The fourth-order valence-electron chi connectivity index (χ4n) is 4.29. The molecule has 1 saturated heterocycles. The van der Waals surface area contributed by atoms with Crippen LogP contribution in [0.2, 0.25) is 0 Å². The molecule has 7 heteroatoms. The first kappa shape index (κ1) is 22.5. The molecule has 1 aliphatic heterocycles. The van der Waals surface area contributed by atoms with Crippen molar-refractivity contribution in [2.24, 2.45) is 5.92 Å². The number of carboxylic acids is 1. The Kier molecular flexibility index (Phi) is 7.41. The number of amides is 2. The van der Waals surface area contributed by atoms with Gasteiger partial charge in [0.15, 0.2) is 0 Å². The smallest absolute Gasteiger partial charge is 0.326 e. The molecule has 0 saturated carbocycles. The van der Waals surface area contributed by atoms with Gasteiger partial charge in [-0.05, 0) is 42.0 Å². The Morgan fingerprint density at radius 2 is 1.94 bits per heavy atom. The molecule has 1 aliphatic carbocycles. The predicted molar refractivity (Wildman–Crippen MR) is 117 cm³/mol. The van der Waals surface area contributed by atoms with Crippen LogP contribution < -0.4 is 5.32 Å². The van der Waals surface area contributed by atoms with Gasteiger partial charge in [0.2, 0.25) is 12.3 Å². The third-order valence-electron chi connectivity index (χ3n) is 5.68. The minimum absolute atomic E-state index is 0.0290. The number of hydrogen-bond donors (Lipinski definition) is 2. The SMILES string of the molecule is COCC1CC(C(=O)O)N(C(=O)CNC=O)C1.Cc1ccc2c(c1)Cc1ccccc1-2. The van der Waals surface area contributed by atoms with Crippen molar-refractivity contribution in [2.45, 2.75) is 25.8 Å². The van der Waals surface area contributed by atoms with Crippen LogP contribution in [-0.4, -0.2) is 61.1 Å². The van der Waals surface area contributed by atoms with E-state index in [-0.39, 0.29) is 18.4 Å². The number of nitrogens with zero attached hydrogens (tertiary/aromatic N) is 1. The van der Waals surface area contributed by atoms with Crippen LogP contribution in [0.15, 0.2) is 42.5 Å². The quantitative estimate of drug-likeness (QED) is 0.592. The van der Waals surface area contributed by atoms with E-state index in [4.69, 9.17) is 9.84 Å². The Balaban J connectivity index is 0.000000178. The molecule has 2 aliphatic rings. The highest BCUT2D eigenvalue weighted by Crippen LogP contribution is 2.36. The standard InChI is InChI=1S/C14H12.C10H16N2O5/c1-10-6-7-14-12(8-10)9-11-4-2-3-5-13(11)14;1-17-5-7-2-8(10(15)16)12(4-7)9(14)3-11-6-13/h2-8H,9H2,1H3;6-8H,2-5H2,1H3,(H,11,13)(H,15,16). The highest BCUT2D eigenvalue weighted by atomic mass is 16.5. The number of ether oxygens (including phenoxy) is 1. The van der Waals surface area contributed by atoms with Crippen LogP contribution >= 0.6 is 0 Å². The van der Waals surface area contributed by atoms with Crippen LogP contribution in [0.25, 0.3) is 11.1 Å². The molecule has 2 N–H and O–H groups in total. The van der Waals surface area contributed by atoms with E-state index in [0.717, 1.165) is 6.42 Å². The van der Waals surface area contributed by atoms with E-state index in [1.165, 1.54) is 39.8 Å². The average molecular weight is 424 g/mol. The van der Waals surface area contributed by atoms with Gasteiger partial charge in [-0.3, -0.25) is 9.59 Å². The van der Waals surface area contributed by atoms with Gasteiger partial charge < -0.3 is 20.1 Å². The van der Waals surface area contributed by atoms with Crippen molar-refractivity contribution < 1.29 is 24.2 Å². The van der Waals surface area contributed by atoms with E-state index in [1.807, 2.05) is 0 Å². The van der Waals surface area contributed by atoms with Crippen LogP contribution in [0.1, 0.15) is 23.1 Å². The first-order valence-corrected chi connectivity index (χ1v) is 10.3. The second kappa shape index (κ2) is 10.2. The lowest BCUT2D eigenvalue weighted by molar-refractivity contribution is -0.147. The third-order valence-corrected chi connectivity index (χ3v) is 5.68. The Labute approximate surface area is 182 Å². The highest BCUT2D eigenvalue weighted by Gasteiger charge is 2.39. The number of nitrogens with one attached hydrogen (secondary N) is 1. The van der Waals surface area contributed by atoms with Crippen molar-refractivity contribution in [2.75, 3.05) is 26.8 Å². The van der Waals surface area contributed by atoms with Crippen molar-refractivity contribution >= 4 is 18.3 Å². The van der Waals surface area contributed by atoms with Gasteiger partial charge in [-0.25, -0.2) is 4.79 Å². The summed E-state index contributed by atoms with van der Waals surface area (Å²) in [7, 11) is 1.54. The van der Waals surface area contributed by atoms with E-state index in [2.05, 4.69) is 54.7 Å². The van der Waals surface area contributed by atoms with Crippen LogP contribution in [0.3, 0.4) is 0 Å². The zero-order chi connectivity index (χ0) is 22.4. The van der Waals surface area contributed by atoms with E-state index in [1.54, 1.807) is 0 Å². The van der Waals surface area contributed by atoms with Gasteiger partial charge in [0.25, 0.3) is 0 Å². The zero-order valence-electron chi connectivity index (χ0n) is 17.8. The topological polar surface area (TPSA) is 95.9 Å². The summed E-state index contributed by atoms with van der Waals surface area (Å²) in [5.41, 5.74) is 7.14. The molecule has 2 aromatic carbocycles. The number of hydrogen-bond acceptors (Lipinski definition) is 4. The largest absolute Gasteiger partial charge is 0.480 e. The summed E-state index contributed by atoms with van der Waals surface area (Å²) in [6.07, 6.45) is 1.90. The first-order chi connectivity index (χ1) is 14.9. The summed E-state index contributed by atoms with van der Waals surface area (Å²) >= 11 is 0. The van der Waals surface area contributed by atoms with Gasteiger partial charge in [-0.2, -0.15) is 0 Å². The van der Waals surface area contributed by atoms with E-state index in [9.17, 15) is 14.4 Å². The molecule has 164 valence electrons. The Morgan fingerprint density at radius 1 is 1.19 bits per heavy atom. The molecule has 2 amide bonds. The Hall–Kier alpha value is -3.19. The zero-order valence-corrected chi connectivity index (χ0v) is 17.8. The van der Waals surface area contributed by atoms with Crippen molar-refractivity contribution in [1.82, 2.24) is 10.2 Å². The number of likely N-dealkylation sites (tertiary alicyclic amines) is 1. The highest BCUT2D eigenvalue weighted by molar-refractivity contribution is 5.86. The summed E-state index contributed by atoms with van der Waals surface area (Å²) in [5, 5.41) is 11.3. The monoisotopic (exact) mass is 424 g/mol. The van der Waals surface area contributed by atoms with E-state index in [0.29, 0.717) is 26.0 Å². The first-order valence-electron chi connectivity index (χ1n) is 10.3. The van der Waals surface area contributed by atoms with Gasteiger partial charge in [0, 0.05) is 19.6 Å². The molecule has 31 heavy (non-hydrogen) atoms. The molecule has 0 radical (unpaired) electrons. The van der Waals surface area contributed by atoms with E-state index >= 15 is 0 Å². The van der Waals surface area contributed by atoms with Gasteiger partial charge in [-0.1, -0.05) is 48.0 Å². The number of methoxy groups -OCH3 is 1. The second-order valence-corrected chi connectivity index (χ2v) is 7.95. The van der Waals surface area contributed by atoms with Crippen molar-refractivity contribution in [3.63, 3.8) is 0 Å². The molecule has 2 atom stereocenters. The molecule has 0 spiro atoms. The maximum absolute atomic E-state index is 11.7. The molecule has 0 bridgehead atoms. The number of carbonyl (C=O) groups is 3. The van der Waals surface area contributed by atoms with Crippen LogP contribution in [0.4, 0.5) is 0 Å². The van der Waals surface area contributed by atoms with Gasteiger partial charge >= 0.3 is 5.97 Å². The minimum atomic E-state index is -1.02. The number of benzene rings is 2. The number of aliphatic carboxylic acids is 1. The summed E-state index contributed by atoms with van der Waals surface area (Å²) < 4.78 is 4.96. The summed E-state index contributed by atoms with van der Waals surface area (Å²) in [4.78, 5) is 34.1. The van der Waals surface area contributed by atoms with Crippen molar-refractivity contribution in [3.8, 4) is 11.1 Å². The molecule has 1 heterocycles. The predicted octanol–water partition coefficient (Wildman–Crippen LogP) is 2.25. The molecular formula is C24H28N2O5. The van der Waals surface area contributed by atoms with Crippen LogP contribution in [-0.2, 0) is 25.5 Å². The average Bonchev–Trinajstić information content (AvgIpc) is 3.34. The summed E-state index contributed by atoms with van der Waals surface area (Å²) in [6.45, 7) is 2.76. The molecular weight excluding hydrogens is 396 g/mol. The number of rotatable bonds is 6. The van der Waals surface area contributed by atoms with Crippen molar-refractivity contribution in [3.05, 3.63) is 59.2 Å². The maximum Gasteiger partial charge on any atom is 0.326 e. The maximum atomic E-state index is 11.7. The number of carbonyl (C=O) groups excluding carboxylic acids is 2. The Bertz CT molecular complexity index is 959. The van der Waals surface area contributed by atoms with E-state index < -0.39 is 12.0 Å². The minimum Gasteiger partial charge on any atom is -0.480 e. The molecule has 7 nitrogen and oxygen atoms in total. The third kappa shape index (κ3) is 5.30. The van der Waals surface area contributed by atoms with Gasteiger partial charge in [0.1, 0.15) is 6.04 Å². The van der Waals surface area contributed by atoms with Crippen molar-refractivity contribution in [1.29, 1.82) is 0 Å². The lowest BCUT2D eigenvalue weighted by Gasteiger charge is -2.21. The molecule has 2 unspecified atom stereocenters. The normalized spacial score (nSPS) is 18.5. The summed E-state index contributed by atoms with van der Waals surface area (Å²) in [5.74, 6) is -1.38. The molecule has 1 fully saturated rings. The van der Waals surface area contributed by atoms with Gasteiger partial charge in [0.05, 0.1) is 13.2 Å².